The smallest absolute Gasteiger partial charge is 0.245 e. The lowest BCUT2D eigenvalue weighted by atomic mass is 9.99. The summed E-state index contributed by atoms with van der Waals surface area (Å²) in [5, 5.41) is 33.8. The Bertz CT molecular complexity index is 3540. The number of aromatic amines is 3. The van der Waals surface area contributed by atoms with Gasteiger partial charge in [0, 0.05) is 91.3 Å². The molecule has 8 rings (SSSR count). The van der Waals surface area contributed by atoms with Crippen molar-refractivity contribution in [3.05, 3.63) is 120 Å². The summed E-state index contributed by atoms with van der Waals surface area (Å²) in [6.45, 7) is 3.46. The minimum Gasteiger partial charge on any atom is -0.508 e. The Kier molecular flexibility index (Phi) is 22.1. The molecule has 0 radical (unpaired) electrons. The molecule has 5 heterocycles. The molecule has 2 saturated heterocycles. The first-order valence-corrected chi connectivity index (χ1v) is 29.6. The van der Waals surface area contributed by atoms with Crippen molar-refractivity contribution in [3.8, 4) is 5.75 Å². The van der Waals surface area contributed by atoms with E-state index in [0.29, 0.717) is 28.8 Å². The molecule has 6 aromatic rings. The van der Waals surface area contributed by atoms with Crippen LogP contribution in [0.5, 0.6) is 5.75 Å². The highest BCUT2D eigenvalue weighted by atomic mass is 16.3. The third kappa shape index (κ3) is 17.9. The van der Waals surface area contributed by atoms with Gasteiger partial charge in [0.1, 0.15) is 54.1 Å². The van der Waals surface area contributed by atoms with E-state index in [-0.39, 0.29) is 101 Å². The number of guanidine groups is 1. The van der Waals surface area contributed by atoms with Crippen LogP contribution in [0.3, 0.4) is 0 Å². The summed E-state index contributed by atoms with van der Waals surface area (Å²) >= 11 is 0. The van der Waals surface area contributed by atoms with E-state index < -0.39 is 108 Å². The van der Waals surface area contributed by atoms with E-state index in [1.54, 1.807) is 30.6 Å². The van der Waals surface area contributed by atoms with Crippen molar-refractivity contribution in [3.63, 3.8) is 0 Å². The van der Waals surface area contributed by atoms with Crippen LogP contribution in [0.25, 0.3) is 21.8 Å². The Hall–Kier alpha value is -10.3. The second-order valence-corrected chi connectivity index (χ2v) is 22.8. The second-order valence-electron chi connectivity index (χ2n) is 22.8. The monoisotopic (exact) mass is 1220 g/mol. The third-order valence-electron chi connectivity index (χ3n) is 15.6. The van der Waals surface area contributed by atoms with Crippen molar-refractivity contribution < 1.29 is 53.1 Å². The molecule has 89 heavy (non-hydrogen) atoms. The average molecular weight is 1220 g/mol. The number of imidazole rings is 1. The van der Waals surface area contributed by atoms with Crippen molar-refractivity contribution in [1.29, 1.82) is 0 Å². The number of carbonyl (C=O) groups is 10. The van der Waals surface area contributed by atoms with E-state index in [4.69, 9.17) is 17.2 Å². The van der Waals surface area contributed by atoms with Crippen LogP contribution in [-0.4, -0.2) is 163 Å². The van der Waals surface area contributed by atoms with Crippen molar-refractivity contribution in [2.45, 2.75) is 133 Å². The summed E-state index contributed by atoms with van der Waals surface area (Å²) in [5.74, 6) is -7.43. The summed E-state index contributed by atoms with van der Waals surface area (Å²) in [6, 6.07) is 10.4. The fourth-order valence-corrected chi connectivity index (χ4v) is 11.1. The average Bonchev–Trinajstić information content (AvgIpc) is 3.83. The zero-order valence-corrected chi connectivity index (χ0v) is 49.4. The normalized spacial score (nSPS) is 16.7. The lowest BCUT2D eigenvalue weighted by Crippen LogP contribution is -2.61. The molecule has 10 amide bonds. The van der Waals surface area contributed by atoms with Crippen LogP contribution in [0.1, 0.15) is 81.2 Å². The van der Waals surface area contributed by atoms with Gasteiger partial charge in [-0.1, -0.05) is 62.4 Å². The van der Waals surface area contributed by atoms with Crippen LogP contribution in [0, 0.1) is 5.92 Å². The molecule has 0 saturated carbocycles. The van der Waals surface area contributed by atoms with E-state index in [0.717, 1.165) is 21.8 Å². The van der Waals surface area contributed by atoms with Gasteiger partial charge in [-0.2, -0.15) is 0 Å². The van der Waals surface area contributed by atoms with Crippen molar-refractivity contribution in [2.24, 2.45) is 28.1 Å². The van der Waals surface area contributed by atoms with E-state index in [2.05, 4.69) is 67.5 Å². The number of H-pyrrole nitrogens is 3. The number of nitrogens with one attached hydrogen (secondary N) is 11. The number of nitrogens with zero attached hydrogens (tertiary/aromatic N) is 3. The predicted molar refractivity (Wildman–Crippen MR) is 327 cm³/mol. The molecule has 2 fully saturated rings. The quantitative estimate of drug-likeness (QED) is 0.0150. The van der Waals surface area contributed by atoms with Crippen LogP contribution in [-0.2, 0) is 73.6 Å². The zero-order valence-electron chi connectivity index (χ0n) is 49.4. The molecule has 472 valence electrons. The third-order valence-corrected chi connectivity index (χ3v) is 15.6. The van der Waals surface area contributed by atoms with E-state index >= 15 is 14.4 Å². The first-order valence-electron chi connectivity index (χ1n) is 29.6. The second kappa shape index (κ2) is 30.4. The van der Waals surface area contributed by atoms with E-state index in [1.165, 1.54) is 29.6 Å². The number of phenolic OH excluding ortho intramolecular Hbond substituents is 1. The number of amides is 10. The SMILES string of the molecule is CC(C)C[C@H](NC(=O)[C@@H](Cc1c[nH]c2ccccc12)NC(=O)[C@H](Cc1ccc(O)cc1)NC(=O)[C@H](Cc1c[nH]c2ccccc12)NC(=O)[C@H](Cc1cnc[nH]1)NC(=O)[C@@H]1CCC(=O)N1)C(=O)N[C@@H](CCCN=C(N)N)C(=O)N1CCC[C@H]1C(=O)NCC(N)=O. The van der Waals surface area contributed by atoms with Crippen molar-refractivity contribution in [2.75, 3.05) is 19.6 Å². The fourth-order valence-electron chi connectivity index (χ4n) is 11.1. The zero-order chi connectivity index (χ0) is 63.7. The number of benzene rings is 3. The number of aromatic hydroxyl groups is 1. The van der Waals surface area contributed by atoms with Crippen molar-refractivity contribution >= 4 is 86.8 Å². The maximum Gasteiger partial charge on any atom is 0.245 e. The molecule has 0 bridgehead atoms. The highest BCUT2D eigenvalue weighted by molar-refractivity contribution is 6.00. The maximum atomic E-state index is 15.3. The number of phenols is 1. The molecule has 28 heteroatoms. The van der Waals surface area contributed by atoms with Gasteiger partial charge < -0.3 is 84.7 Å². The molecule has 28 nitrogen and oxygen atoms in total. The van der Waals surface area contributed by atoms with Crippen LogP contribution in [0.4, 0.5) is 0 Å². The number of hydrogen-bond donors (Lipinski definition) is 15. The van der Waals surface area contributed by atoms with Gasteiger partial charge in [-0.15, -0.1) is 0 Å². The first-order chi connectivity index (χ1) is 42.7. The number of para-hydroxylation sites is 2. The molecule has 8 atom stereocenters. The van der Waals surface area contributed by atoms with Gasteiger partial charge in [0.2, 0.25) is 59.1 Å². The van der Waals surface area contributed by atoms with Gasteiger partial charge in [0.25, 0.3) is 0 Å². The summed E-state index contributed by atoms with van der Waals surface area (Å²) < 4.78 is 0. The Labute approximate surface area is 511 Å². The Morgan fingerprint density at radius 3 is 1.75 bits per heavy atom. The standard InChI is InChI=1S/C61H77N17O11/c1-33(2)23-45(54(83)72-44(13-7-21-66-61(63)64)60(89)78-22-8-14-50(78)59(88)69-31-51(62)80)73-56(85)47(25-35-28-67-41-11-5-3-9-39(35)41)75-55(84)46(24-34-15-17-38(79)18-16-34)74-57(86)48(26-36-29-68-42-12-6-4-10-40(36)42)76-58(87)49(27-37-30-65-32-70-37)77-53(82)43-19-20-52(81)71-43/h3-6,9-12,15-18,28-30,32-33,43-50,67-68,79H,7-8,13-14,19-27,31H2,1-2H3,(H2,62,80)(H,65,70)(H,69,88)(H,71,81)(H,72,83)(H,73,85)(H,74,86)(H,75,84)(H,76,87)(H,77,82)(H4,63,64,66)/t43-,44-,45-,46-,47+,48-,49-,50-/m0/s1. The molecule has 2 aliphatic rings. The van der Waals surface area contributed by atoms with Gasteiger partial charge in [0.05, 0.1) is 12.9 Å². The molecular weight excluding hydrogens is 1150 g/mol. The molecule has 18 N–H and O–H groups in total. The number of aromatic nitrogens is 4. The maximum absolute atomic E-state index is 15.3. The van der Waals surface area contributed by atoms with Crippen LogP contribution >= 0.6 is 0 Å². The summed E-state index contributed by atoms with van der Waals surface area (Å²) in [7, 11) is 0. The predicted octanol–water partition coefficient (Wildman–Crippen LogP) is -0.772. The Balaban J connectivity index is 1.09. The van der Waals surface area contributed by atoms with Gasteiger partial charge in [-0.25, -0.2) is 4.98 Å². The van der Waals surface area contributed by atoms with Crippen molar-refractivity contribution in [1.82, 2.24) is 67.4 Å². The lowest BCUT2D eigenvalue weighted by molar-refractivity contribution is -0.142. The highest BCUT2D eigenvalue weighted by Crippen LogP contribution is 2.24. The van der Waals surface area contributed by atoms with Crippen LogP contribution in [0.2, 0.25) is 0 Å². The van der Waals surface area contributed by atoms with E-state index in [1.807, 2.05) is 56.3 Å². The number of nitrogens with two attached hydrogens (primary N) is 3. The Morgan fingerprint density at radius 1 is 0.663 bits per heavy atom. The van der Waals surface area contributed by atoms with Gasteiger partial charge in [0.15, 0.2) is 5.96 Å². The Morgan fingerprint density at radius 2 is 1.21 bits per heavy atom. The van der Waals surface area contributed by atoms with Crippen LogP contribution < -0.4 is 59.7 Å². The number of hydrogen-bond acceptors (Lipinski definition) is 13. The van der Waals surface area contributed by atoms with Gasteiger partial charge >= 0.3 is 0 Å². The molecule has 2 aliphatic heterocycles. The lowest BCUT2D eigenvalue weighted by Gasteiger charge is -2.30. The molecule has 3 aromatic carbocycles. The number of carbonyl (C=O) groups excluding carboxylic acids is 10. The fraction of sp³-hybridized carbons (Fsp3) is 0.410. The summed E-state index contributed by atoms with van der Waals surface area (Å²) in [6.07, 6.45) is 7.01. The number of likely N-dealkylation sites (tertiary alicyclic amines) is 1. The van der Waals surface area contributed by atoms with E-state index in [9.17, 15) is 38.7 Å². The van der Waals surface area contributed by atoms with Crippen LogP contribution in [0.15, 0.2) is 103 Å². The highest BCUT2D eigenvalue weighted by Gasteiger charge is 2.40. The number of primary amides is 1. The number of aliphatic imine (C=N–C) groups is 1. The number of rotatable bonds is 30. The molecule has 0 spiro atoms. The summed E-state index contributed by atoms with van der Waals surface area (Å²) in [5.41, 5.74) is 20.1. The summed E-state index contributed by atoms with van der Waals surface area (Å²) in [4.78, 5) is 159. The minimum absolute atomic E-state index is 0.0131. The first kappa shape index (κ1) is 64.7. The molecule has 3 aromatic heterocycles. The van der Waals surface area contributed by atoms with Gasteiger partial charge in [-0.05, 0) is 85.4 Å². The molecule has 0 aliphatic carbocycles. The minimum atomic E-state index is -1.49. The molecular formula is C61H77N17O11. The van der Waals surface area contributed by atoms with Gasteiger partial charge in [-0.3, -0.25) is 52.9 Å². The molecule has 0 unspecified atom stereocenters. The largest absolute Gasteiger partial charge is 0.508 e. The topological polar surface area (TPSA) is 441 Å². The number of fused-ring (bicyclic) bond motifs is 2.